The number of unbranched alkanes of at least 4 members (excludes halogenated alkanes) is 2. The lowest BCUT2D eigenvalue weighted by atomic mass is 10.2. The lowest BCUT2D eigenvalue weighted by Gasteiger charge is -2.08. The molecule has 20 heavy (non-hydrogen) atoms. The van der Waals surface area contributed by atoms with E-state index in [2.05, 4.69) is 24.4 Å². The monoisotopic (exact) mass is 279 g/mol. The molecule has 0 saturated carbocycles. The Morgan fingerprint density at radius 1 is 1.15 bits per heavy atom. The summed E-state index contributed by atoms with van der Waals surface area (Å²) in [4.78, 5) is 0. The lowest BCUT2D eigenvalue weighted by molar-refractivity contribution is 0.181. The van der Waals surface area contributed by atoms with Crippen LogP contribution in [0, 0.1) is 0 Å². The fraction of sp³-hybridized carbons (Fsp3) is 0.647. The van der Waals surface area contributed by atoms with Crippen LogP contribution in [0.25, 0.3) is 0 Å². The molecule has 2 N–H and O–H groups in total. The maximum Gasteiger partial charge on any atom is 0.119 e. The van der Waals surface area contributed by atoms with Crippen molar-refractivity contribution in [1.29, 1.82) is 0 Å². The van der Waals surface area contributed by atoms with Crippen LogP contribution >= 0.6 is 0 Å². The molecule has 1 unspecified atom stereocenters. The second-order valence-electron chi connectivity index (χ2n) is 5.37. The Bertz CT molecular complexity index is 335. The smallest absolute Gasteiger partial charge is 0.119 e. The average molecular weight is 279 g/mol. The fourth-order valence-corrected chi connectivity index (χ4v) is 2.00. The summed E-state index contributed by atoms with van der Waals surface area (Å²) in [6.07, 6.45) is 5.26. The molecule has 0 saturated heterocycles. The zero-order valence-electron chi connectivity index (χ0n) is 12.9. The number of hydrogen-bond donors (Lipinski definition) is 2. The van der Waals surface area contributed by atoms with Gasteiger partial charge in [-0.25, -0.2) is 0 Å². The number of rotatable bonds is 11. The van der Waals surface area contributed by atoms with Gasteiger partial charge in [0.15, 0.2) is 0 Å². The Morgan fingerprint density at radius 2 is 1.90 bits per heavy atom. The van der Waals surface area contributed by atoms with Crippen molar-refractivity contribution in [1.82, 2.24) is 5.32 Å². The van der Waals surface area contributed by atoms with Gasteiger partial charge in [-0.1, -0.05) is 31.9 Å². The molecule has 0 radical (unpaired) electrons. The molecule has 3 nitrogen and oxygen atoms in total. The van der Waals surface area contributed by atoms with Gasteiger partial charge in [0.2, 0.25) is 0 Å². The van der Waals surface area contributed by atoms with Crippen molar-refractivity contribution in [2.45, 2.75) is 58.6 Å². The average Bonchev–Trinajstić information content (AvgIpc) is 2.44. The predicted molar refractivity (Wildman–Crippen MR) is 84.1 cm³/mol. The van der Waals surface area contributed by atoms with Crippen LogP contribution in [0.15, 0.2) is 24.3 Å². The first-order chi connectivity index (χ1) is 9.72. The lowest BCUT2D eigenvalue weighted by Crippen LogP contribution is -2.16. The second-order valence-corrected chi connectivity index (χ2v) is 5.37. The number of nitrogens with one attached hydrogen (secondary N) is 1. The largest absolute Gasteiger partial charge is 0.494 e. The molecule has 3 heteroatoms. The molecular formula is C17H29NO2. The third-order valence-electron chi connectivity index (χ3n) is 3.24. The molecule has 0 aliphatic carbocycles. The van der Waals surface area contributed by atoms with Crippen molar-refractivity contribution < 1.29 is 9.84 Å². The molecule has 0 bridgehead atoms. The second kappa shape index (κ2) is 10.7. The van der Waals surface area contributed by atoms with E-state index in [1.165, 1.54) is 18.4 Å². The van der Waals surface area contributed by atoms with Gasteiger partial charge in [-0.3, -0.25) is 0 Å². The number of hydrogen-bond acceptors (Lipinski definition) is 3. The van der Waals surface area contributed by atoms with Crippen LogP contribution < -0.4 is 10.1 Å². The highest BCUT2D eigenvalue weighted by atomic mass is 16.5. The molecule has 0 amide bonds. The Morgan fingerprint density at radius 3 is 2.55 bits per heavy atom. The third kappa shape index (κ3) is 8.18. The Hall–Kier alpha value is -1.06. The van der Waals surface area contributed by atoms with E-state index in [0.717, 1.165) is 44.7 Å². The van der Waals surface area contributed by atoms with E-state index in [9.17, 15) is 0 Å². The van der Waals surface area contributed by atoms with E-state index in [0.29, 0.717) is 0 Å². The first-order valence-corrected chi connectivity index (χ1v) is 7.83. The van der Waals surface area contributed by atoms with Crippen molar-refractivity contribution >= 4 is 0 Å². The van der Waals surface area contributed by atoms with Gasteiger partial charge in [-0.05, 0) is 50.4 Å². The zero-order chi connectivity index (χ0) is 14.6. The fourth-order valence-electron chi connectivity index (χ4n) is 2.00. The summed E-state index contributed by atoms with van der Waals surface area (Å²) in [5.41, 5.74) is 1.27. The number of benzene rings is 1. The van der Waals surface area contributed by atoms with Crippen LogP contribution in [-0.2, 0) is 6.54 Å². The minimum atomic E-state index is -0.194. The highest BCUT2D eigenvalue weighted by Gasteiger charge is 1.97. The number of aliphatic hydroxyl groups excluding tert-OH is 1. The van der Waals surface area contributed by atoms with E-state index in [1.807, 2.05) is 19.1 Å². The molecule has 114 valence electrons. The summed E-state index contributed by atoms with van der Waals surface area (Å²) in [7, 11) is 0. The van der Waals surface area contributed by atoms with Gasteiger partial charge in [0, 0.05) is 6.54 Å². The normalized spacial score (nSPS) is 12.3. The van der Waals surface area contributed by atoms with Gasteiger partial charge >= 0.3 is 0 Å². The predicted octanol–water partition coefficient (Wildman–Crippen LogP) is 3.51. The van der Waals surface area contributed by atoms with E-state index in [4.69, 9.17) is 9.84 Å². The quantitative estimate of drug-likeness (QED) is 0.609. The minimum absolute atomic E-state index is 0.194. The zero-order valence-corrected chi connectivity index (χ0v) is 12.9. The molecular weight excluding hydrogens is 250 g/mol. The van der Waals surface area contributed by atoms with E-state index >= 15 is 0 Å². The van der Waals surface area contributed by atoms with Crippen LogP contribution in [0.5, 0.6) is 5.75 Å². The molecule has 0 heterocycles. The molecule has 0 aliphatic heterocycles. The first kappa shape index (κ1) is 17.0. The standard InChI is InChI=1S/C17H29NO2/c1-3-4-5-13-20-17-10-8-16(9-11-17)14-18-12-6-7-15(2)19/h8-11,15,18-19H,3-7,12-14H2,1-2H3. The first-order valence-electron chi connectivity index (χ1n) is 7.83. The summed E-state index contributed by atoms with van der Waals surface area (Å²) < 4.78 is 5.68. The molecule has 1 aromatic rings. The van der Waals surface area contributed by atoms with Crippen LogP contribution in [0.4, 0.5) is 0 Å². The number of aliphatic hydroxyl groups is 1. The van der Waals surface area contributed by atoms with E-state index in [1.54, 1.807) is 0 Å². The summed E-state index contributed by atoms with van der Waals surface area (Å²) in [5, 5.41) is 12.5. The molecule has 1 rings (SSSR count). The van der Waals surface area contributed by atoms with Crippen molar-refractivity contribution in [3.05, 3.63) is 29.8 Å². The topological polar surface area (TPSA) is 41.5 Å². The van der Waals surface area contributed by atoms with Gasteiger partial charge in [-0.2, -0.15) is 0 Å². The summed E-state index contributed by atoms with van der Waals surface area (Å²) in [5.74, 6) is 0.957. The third-order valence-corrected chi connectivity index (χ3v) is 3.24. The molecule has 0 aromatic heterocycles. The molecule has 0 fully saturated rings. The Balaban J connectivity index is 2.15. The van der Waals surface area contributed by atoms with Crippen molar-refractivity contribution in [3.8, 4) is 5.75 Å². The number of ether oxygens (including phenoxy) is 1. The van der Waals surface area contributed by atoms with Gasteiger partial charge in [0.25, 0.3) is 0 Å². The molecule has 0 spiro atoms. The van der Waals surface area contributed by atoms with Gasteiger partial charge < -0.3 is 15.2 Å². The highest BCUT2D eigenvalue weighted by molar-refractivity contribution is 5.27. The SMILES string of the molecule is CCCCCOc1ccc(CNCCCC(C)O)cc1. The van der Waals surface area contributed by atoms with Crippen molar-refractivity contribution in [3.63, 3.8) is 0 Å². The maximum atomic E-state index is 9.16. The van der Waals surface area contributed by atoms with E-state index < -0.39 is 0 Å². The summed E-state index contributed by atoms with van der Waals surface area (Å²) >= 11 is 0. The molecule has 1 aromatic carbocycles. The highest BCUT2D eigenvalue weighted by Crippen LogP contribution is 2.12. The Labute approximate surface area is 123 Å². The van der Waals surface area contributed by atoms with Crippen LogP contribution in [0.2, 0.25) is 0 Å². The van der Waals surface area contributed by atoms with Gasteiger partial charge in [-0.15, -0.1) is 0 Å². The summed E-state index contributed by atoms with van der Waals surface area (Å²) in [6.45, 7) is 6.66. The van der Waals surface area contributed by atoms with E-state index in [-0.39, 0.29) is 6.10 Å². The van der Waals surface area contributed by atoms with Crippen LogP contribution in [0.1, 0.15) is 51.5 Å². The Kier molecular flexibility index (Phi) is 9.09. The van der Waals surface area contributed by atoms with Crippen LogP contribution in [-0.4, -0.2) is 24.4 Å². The van der Waals surface area contributed by atoms with Gasteiger partial charge in [0.1, 0.15) is 5.75 Å². The van der Waals surface area contributed by atoms with Gasteiger partial charge in [0.05, 0.1) is 12.7 Å². The van der Waals surface area contributed by atoms with Crippen molar-refractivity contribution in [2.75, 3.05) is 13.2 Å². The molecule has 0 aliphatic rings. The maximum absolute atomic E-state index is 9.16. The van der Waals surface area contributed by atoms with Crippen molar-refractivity contribution in [2.24, 2.45) is 0 Å². The minimum Gasteiger partial charge on any atom is -0.494 e. The summed E-state index contributed by atoms with van der Waals surface area (Å²) in [6, 6.07) is 8.30. The van der Waals surface area contributed by atoms with Crippen LogP contribution in [0.3, 0.4) is 0 Å². The molecule has 1 atom stereocenters.